The van der Waals surface area contributed by atoms with Gasteiger partial charge in [-0.25, -0.2) is 9.59 Å². The number of carbonyl (C=O) groups is 2. The molecule has 0 aromatic heterocycles. The maximum Gasteiger partial charge on any atom is 0.382 e. The Balaban J connectivity index is 3.35. The third kappa shape index (κ3) is 6.56. The summed E-state index contributed by atoms with van der Waals surface area (Å²) in [6.07, 6.45) is 0.431. The number of nitrogens with two attached hydrogens (primary N) is 2. The number of hydrogen-bond donors (Lipinski definition) is 2. The standard InChI is InChI=1S/C11H12N2O8S2/c1-7-4-2-3-5-8(7)9(11(15)21-23(13,18)19)6-10(14)20-22(12,16)17/h2-6H,1H3,(H2,12,16,17)(H2,13,18,19)/b9-6+. The molecule has 0 radical (unpaired) electrons. The Hall–Kier alpha value is -2.28. The molecule has 0 unspecified atom stereocenters. The largest absolute Gasteiger partial charge is 0.382 e. The predicted octanol–water partition coefficient (Wildman–Crippen LogP) is -1.13. The number of carbonyl (C=O) groups excluding carboxylic acids is 2. The van der Waals surface area contributed by atoms with Crippen LogP contribution in [0.5, 0.6) is 0 Å². The van der Waals surface area contributed by atoms with E-state index in [2.05, 4.69) is 18.6 Å². The Morgan fingerprint density at radius 1 is 1.00 bits per heavy atom. The fourth-order valence-electron chi connectivity index (χ4n) is 1.53. The lowest BCUT2D eigenvalue weighted by molar-refractivity contribution is -0.130. The van der Waals surface area contributed by atoms with Crippen LogP contribution >= 0.6 is 0 Å². The third-order valence-electron chi connectivity index (χ3n) is 2.31. The van der Waals surface area contributed by atoms with E-state index >= 15 is 0 Å². The van der Waals surface area contributed by atoms with Crippen molar-refractivity contribution in [3.63, 3.8) is 0 Å². The summed E-state index contributed by atoms with van der Waals surface area (Å²) in [5.74, 6) is -3.01. The molecule has 0 amide bonds. The SMILES string of the molecule is Cc1ccccc1/C(=C\C(=O)OS(N)(=O)=O)C(=O)OS(N)(=O)=O. The molecule has 23 heavy (non-hydrogen) atoms. The van der Waals surface area contributed by atoms with Crippen LogP contribution in [0.15, 0.2) is 30.3 Å². The van der Waals surface area contributed by atoms with Crippen molar-refractivity contribution in [2.75, 3.05) is 0 Å². The van der Waals surface area contributed by atoms with E-state index in [9.17, 15) is 26.4 Å². The summed E-state index contributed by atoms with van der Waals surface area (Å²) in [5.41, 5.74) is -0.00757. The van der Waals surface area contributed by atoms with Crippen molar-refractivity contribution in [3.8, 4) is 0 Å². The van der Waals surface area contributed by atoms with Gasteiger partial charge in [-0.1, -0.05) is 24.3 Å². The van der Waals surface area contributed by atoms with Gasteiger partial charge in [-0.15, -0.1) is 0 Å². The molecular formula is C11H12N2O8S2. The molecule has 4 N–H and O–H groups in total. The Morgan fingerprint density at radius 3 is 2.00 bits per heavy atom. The molecule has 0 aliphatic carbocycles. The van der Waals surface area contributed by atoms with E-state index in [0.29, 0.717) is 11.6 Å². The Bertz CT molecular complexity index is 871. The van der Waals surface area contributed by atoms with Gasteiger partial charge in [0.1, 0.15) is 0 Å². The Labute approximate surface area is 132 Å². The number of rotatable bonds is 5. The number of hydrogen-bond acceptors (Lipinski definition) is 8. The van der Waals surface area contributed by atoms with Crippen molar-refractivity contribution < 1.29 is 34.8 Å². The fourth-order valence-corrected chi connectivity index (χ4v) is 2.11. The van der Waals surface area contributed by atoms with Crippen LogP contribution in [0.4, 0.5) is 0 Å². The van der Waals surface area contributed by atoms with Crippen molar-refractivity contribution in [2.24, 2.45) is 10.3 Å². The summed E-state index contributed by atoms with van der Waals surface area (Å²) in [4.78, 5) is 23.4. The van der Waals surface area contributed by atoms with Crippen LogP contribution in [0.1, 0.15) is 11.1 Å². The molecule has 0 fully saturated rings. The average Bonchev–Trinajstić information content (AvgIpc) is 2.32. The van der Waals surface area contributed by atoms with Crippen molar-refractivity contribution in [1.29, 1.82) is 0 Å². The van der Waals surface area contributed by atoms with Gasteiger partial charge >= 0.3 is 32.5 Å². The molecule has 0 heterocycles. The lowest BCUT2D eigenvalue weighted by Crippen LogP contribution is -2.23. The Morgan fingerprint density at radius 2 is 1.52 bits per heavy atom. The van der Waals surface area contributed by atoms with Gasteiger partial charge in [0.25, 0.3) is 0 Å². The molecule has 12 heteroatoms. The van der Waals surface area contributed by atoms with Crippen LogP contribution in [-0.2, 0) is 38.6 Å². The van der Waals surface area contributed by atoms with Gasteiger partial charge in [0, 0.05) is 6.08 Å². The highest BCUT2D eigenvalue weighted by Gasteiger charge is 2.22. The van der Waals surface area contributed by atoms with Gasteiger partial charge in [0.15, 0.2) is 0 Å². The minimum Gasteiger partial charge on any atom is -0.330 e. The van der Waals surface area contributed by atoms with Crippen LogP contribution in [0.25, 0.3) is 5.57 Å². The molecule has 0 bridgehead atoms. The maximum absolute atomic E-state index is 11.9. The second-order valence-corrected chi connectivity index (χ2v) is 6.44. The van der Waals surface area contributed by atoms with E-state index in [4.69, 9.17) is 0 Å². The van der Waals surface area contributed by atoms with Crippen LogP contribution < -0.4 is 10.3 Å². The highest BCUT2D eigenvalue weighted by molar-refractivity contribution is 7.85. The fraction of sp³-hybridized carbons (Fsp3) is 0.0909. The van der Waals surface area contributed by atoms with Crippen molar-refractivity contribution in [3.05, 3.63) is 41.5 Å². The van der Waals surface area contributed by atoms with Gasteiger partial charge in [-0.3, -0.25) is 0 Å². The zero-order valence-corrected chi connectivity index (χ0v) is 13.3. The zero-order valence-electron chi connectivity index (χ0n) is 11.6. The van der Waals surface area contributed by atoms with E-state index in [0.717, 1.165) is 0 Å². The summed E-state index contributed by atoms with van der Waals surface area (Å²) in [6.45, 7) is 1.55. The van der Waals surface area contributed by atoms with E-state index < -0.39 is 38.1 Å². The molecule has 1 rings (SSSR count). The van der Waals surface area contributed by atoms with E-state index in [1.54, 1.807) is 19.1 Å². The second-order valence-electron chi connectivity index (χ2n) is 4.13. The molecule has 1 aromatic carbocycles. The summed E-state index contributed by atoms with van der Waals surface area (Å²) in [6, 6.07) is 6.03. The van der Waals surface area contributed by atoms with E-state index in [-0.39, 0.29) is 5.56 Å². The Kier molecular flexibility index (Phi) is 5.60. The smallest absolute Gasteiger partial charge is 0.330 e. The molecule has 0 aliphatic heterocycles. The maximum atomic E-state index is 11.9. The predicted molar refractivity (Wildman–Crippen MR) is 77.6 cm³/mol. The molecule has 126 valence electrons. The second kappa shape index (κ2) is 6.87. The molecule has 1 aromatic rings. The summed E-state index contributed by atoms with van der Waals surface area (Å²) >= 11 is 0. The normalized spacial score (nSPS) is 12.6. The van der Waals surface area contributed by atoms with Gasteiger partial charge in [-0.2, -0.15) is 27.1 Å². The monoisotopic (exact) mass is 364 g/mol. The average molecular weight is 364 g/mol. The summed E-state index contributed by atoms with van der Waals surface area (Å²) in [5, 5.41) is 9.12. The first-order chi connectivity index (χ1) is 10.4. The minimum absolute atomic E-state index is 0.104. The van der Waals surface area contributed by atoms with Crippen LogP contribution in [0, 0.1) is 6.92 Å². The molecule has 0 atom stereocenters. The quantitative estimate of drug-likeness (QED) is 0.617. The molecule has 0 aliphatic rings. The van der Waals surface area contributed by atoms with Gasteiger partial charge in [-0.05, 0) is 18.1 Å². The van der Waals surface area contributed by atoms with Gasteiger partial charge < -0.3 is 8.37 Å². The molecule has 0 saturated carbocycles. The molecule has 0 saturated heterocycles. The lowest BCUT2D eigenvalue weighted by Gasteiger charge is -2.09. The number of aryl methyl sites for hydroxylation is 1. The minimum atomic E-state index is -4.65. The molecule has 10 nitrogen and oxygen atoms in total. The van der Waals surface area contributed by atoms with E-state index in [1.165, 1.54) is 12.1 Å². The zero-order chi connectivity index (χ0) is 17.8. The van der Waals surface area contributed by atoms with Gasteiger partial charge in [0.2, 0.25) is 0 Å². The molecular weight excluding hydrogens is 352 g/mol. The van der Waals surface area contributed by atoms with Crippen molar-refractivity contribution >= 4 is 38.1 Å². The van der Waals surface area contributed by atoms with Crippen LogP contribution in [-0.4, -0.2) is 28.8 Å². The van der Waals surface area contributed by atoms with Crippen molar-refractivity contribution in [1.82, 2.24) is 0 Å². The third-order valence-corrected chi connectivity index (χ3v) is 3.09. The molecule has 0 spiro atoms. The highest BCUT2D eigenvalue weighted by Crippen LogP contribution is 2.21. The first kappa shape index (κ1) is 18.8. The summed E-state index contributed by atoms with van der Waals surface area (Å²) in [7, 11) is -9.26. The van der Waals surface area contributed by atoms with Crippen LogP contribution in [0.3, 0.4) is 0 Å². The number of benzene rings is 1. The van der Waals surface area contributed by atoms with Crippen LogP contribution in [0.2, 0.25) is 0 Å². The topological polar surface area (TPSA) is 173 Å². The first-order valence-corrected chi connectivity index (χ1v) is 8.64. The van der Waals surface area contributed by atoms with Crippen molar-refractivity contribution in [2.45, 2.75) is 6.92 Å². The summed E-state index contributed by atoms with van der Waals surface area (Å²) < 4.78 is 51.0. The first-order valence-electron chi connectivity index (χ1n) is 5.69. The van der Waals surface area contributed by atoms with E-state index in [1.807, 2.05) is 0 Å². The highest BCUT2D eigenvalue weighted by atomic mass is 32.2. The lowest BCUT2D eigenvalue weighted by atomic mass is 10.0. The van der Waals surface area contributed by atoms with Gasteiger partial charge in [0.05, 0.1) is 5.57 Å².